The van der Waals surface area contributed by atoms with Crippen LogP contribution in [0.1, 0.15) is 26.7 Å². The largest absolute Gasteiger partial charge is 0.395 e. The van der Waals surface area contributed by atoms with Gasteiger partial charge in [0, 0.05) is 12.6 Å². The molecule has 0 spiro atoms. The molecule has 0 aromatic heterocycles. The first-order chi connectivity index (χ1) is 8.85. The number of rotatable bonds is 3. The van der Waals surface area contributed by atoms with E-state index in [4.69, 9.17) is 5.73 Å². The van der Waals surface area contributed by atoms with E-state index in [2.05, 4.69) is 0 Å². The lowest BCUT2D eigenvalue weighted by Gasteiger charge is -2.27. The molecule has 0 radical (unpaired) electrons. The van der Waals surface area contributed by atoms with Crippen LogP contribution in [0.2, 0.25) is 0 Å². The molecule has 1 aromatic carbocycles. The van der Waals surface area contributed by atoms with Crippen LogP contribution in [0.3, 0.4) is 0 Å². The number of hydrogen-bond donors (Lipinski definition) is 1. The van der Waals surface area contributed by atoms with Crippen molar-refractivity contribution in [2.75, 3.05) is 12.3 Å². The molecule has 4 nitrogen and oxygen atoms in total. The molecule has 1 aliphatic rings. The number of benzene rings is 1. The lowest BCUT2D eigenvalue weighted by molar-refractivity contribution is 0.316. The number of nitrogens with two attached hydrogens (primary N) is 1. The fourth-order valence-corrected chi connectivity index (χ4v) is 4.55. The van der Waals surface area contributed by atoms with Crippen LogP contribution in [-0.2, 0) is 10.0 Å². The molecule has 1 heterocycles. The third kappa shape index (κ3) is 2.47. The number of hydrogen-bond acceptors (Lipinski definition) is 3. The lowest BCUT2D eigenvalue weighted by atomic mass is 10.0. The molecule has 19 heavy (non-hydrogen) atoms. The first kappa shape index (κ1) is 14.3. The van der Waals surface area contributed by atoms with Crippen LogP contribution in [0.5, 0.6) is 0 Å². The smallest absolute Gasteiger partial charge is 0.245 e. The summed E-state index contributed by atoms with van der Waals surface area (Å²) in [4.78, 5) is -0.125. The highest BCUT2D eigenvalue weighted by atomic mass is 32.2. The molecule has 1 aromatic rings. The van der Waals surface area contributed by atoms with Crippen LogP contribution in [-0.4, -0.2) is 25.3 Å². The summed E-state index contributed by atoms with van der Waals surface area (Å²) in [6.07, 6.45) is 1.67. The van der Waals surface area contributed by atoms with Gasteiger partial charge in [0.1, 0.15) is 10.7 Å². The molecule has 1 unspecified atom stereocenters. The van der Waals surface area contributed by atoms with Crippen molar-refractivity contribution in [3.8, 4) is 0 Å². The molecule has 2 N–H and O–H groups in total. The van der Waals surface area contributed by atoms with Crippen molar-refractivity contribution in [1.29, 1.82) is 0 Å². The second-order valence-corrected chi connectivity index (χ2v) is 7.08. The van der Waals surface area contributed by atoms with E-state index in [1.165, 1.54) is 16.4 Å². The van der Waals surface area contributed by atoms with Crippen molar-refractivity contribution in [3.63, 3.8) is 0 Å². The van der Waals surface area contributed by atoms with Gasteiger partial charge < -0.3 is 5.73 Å². The minimum Gasteiger partial charge on any atom is -0.395 e. The zero-order chi connectivity index (χ0) is 14.2. The Morgan fingerprint density at radius 3 is 2.74 bits per heavy atom. The van der Waals surface area contributed by atoms with Crippen LogP contribution in [0.15, 0.2) is 23.1 Å². The van der Waals surface area contributed by atoms with Gasteiger partial charge in [0.15, 0.2) is 0 Å². The van der Waals surface area contributed by atoms with Gasteiger partial charge in [-0.15, -0.1) is 0 Å². The normalized spacial score (nSPS) is 21.2. The number of halogens is 1. The van der Waals surface area contributed by atoms with Crippen molar-refractivity contribution in [2.45, 2.75) is 37.6 Å². The van der Waals surface area contributed by atoms with E-state index in [0.29, 0.717) is 6.54 Å². The van der Waals surface area contributed by atoms with Gasteiger partial charge in [0.25, 0.3) is 0 Å². The maximum atomic E-state index is 13.4. The number of para-hydroxylation sites is 1. The van der Waals surface area contributed by atoms with Crippen molar-refractivity contribution in [3.05, 3.63) is 24.0 Å². The number of nitrogens with zero attached hydrogens (tertiary/aromatic N) is 1. The fraction of sp³-hybridized carbons (Fsp3) is 0.538. The third-order valence-corrected chi connectivity index (χ3v) is 5.60. The van der Waals surface area contributed by atoms with Gasteiger partial charge in [-0.1, -0.05) is 19.9 Å². The summed E-state index contributed by atoms with van der Waals surface area (Å²) in [5.41, 5.74) is 5.28. The van der Waals surface area contributed by atoms with Crippen LogP contribution in [0.25, 0.3) is 0 Å². The predicted molar refractivity (Wildman–Crippen MR) is 72.6 cm³/mol. The molecule has 1 atom stereocenters. The van der Waals surface area contributed by atoms with Gasteiger partial charge >= 0.3 is 0 Å². The van der Waals surface area contributed by atoms with E-state index in [9.17, 15) is 12.8 Å². The fourth-order valence-electron chi connectivity index (χ4n) is 2.60. The minimum absolute atomic E-state index is 0.0346. The van der Waals surface area contributed by atoms with Crippen LogP contribution < -0.4 is 5.73 Å². The van der Waals surface area contributed by atoms with E-state index < -0.39 is 15.8 Å². The summed E-state index contributed by atoms with van der Waals surface area (Å²) in [7, 11) is -3.72. The Morgan fingerprint density at radius 1 is 1.42 bits per heavy atom. The predicted octanol–water partition coefficient (Wildman–Crippen LogP) is 2.22. The quantitative estimate of drug-likeness (QED) is 0.867. The van der Waals surface area contributed by atoms with E-state index in [-0.39, 0.29) is 22.5 Å². The molecule has 0 amide bonds. The summed E-state index contributed by atoms with van der Waals surface area (Å²) < 4.78 is 40.1. The maximum absolute atomic E-state index is 13.4. The Balaban J connectivity index is 2.45. The third-order valence-electron chi connectivity index (χ3n) is 3.62. The first-order valence-corrected chi connectivity index (χ1v) is 7.85. The van der Waals surface area contributed by atoms with Gasteiger partial charge in [-0.05, 0) is 30.9 Å². The van der Waals surface area contributed by atoms with Gasteiger partial charge in [0.2, 0.25) is 10.0 Å². The van der Waals surface area contributed by atoms with Crippen molar-refractivity contribution in [1.82, 2.24) is 4.31 Å². The Kier molecular flexibility index (Phi) is 3.82. The van der Waals surface area contributed by atoms with Crippen LogP contribution >= 0.6 is 0 Å². The Bertz CT molecular complexity index is 572. The molecular weight excluding hydrogens is 267 g/mol. The van der Waals surface area contributed by atoms with Gasteiger partial charge in [-0.25, -0.2) is 12.8 Å². The molecule has 1 saturated heterocycles. The van der Waals surface area contributed by atoms with E-state index in [1.54, 1.807) is 0 Å². The Hall–Kier alpha value is -1.14. The Labute approximate surface area is 113 Å². The second kappa shape index (κ2) is 5.09. The number of sulfonamides is 1. The highest BCUT2D eigenvalue weighted by Gasteiger charge is 2.37. The molecule has 2 rings (SSSR count). The molecule has 106 valence electrons. The highest BCUT2D eigenvalue weighted by Crippen LogP contribution is 2.32. The zero-order valence-electron chi connectivity index (χ0n) is 11.1. The molecule has 0 bridgehead atoms. The molecule has 6 heteroatoms. The van der Waals surface area contributed by atoms with E-state index in [1.807, 2.05) is 13.8 Å². The van der Waals surface area contributed by atoms with Crippen molar-refractivity contribution >= 4 is 15.7 Å². The summed E-state index contributed by atoms with van der Waals surface area (Å²) >= 11 is 0. The van der Waals surface area contributed by atoms with Crippen LogP contribution in [0.4, 0.5) is 10.1 Å². The second-order valence-electron chi connectivity index (χ2n) is 5.22. The van der Waals surface area contributed by atoms with E-state index in [0.717, 1.165) is 18.9 Å². The molecule has 1 aliphatic heterocycles. The monoisotopic (exact) mass is 286 g/mol. The van der Waals surface area contributed by atoms with Crippen molar-refractivity contribution < 1.29 is 12.8 Å². The Morgan fingerprint density at radius 2 is 2.11 bits per heavy atom. The van der Waals surface area contributed by atoms with E-state index >= 15 is 0 Å². The average Bonchev–Trinajstić information content (AvgIpc) is 2.82. The topological polar surface area (TPSA) is 63.4 Å². The zero-order valence-corrected chi connectivity index (χ0v) is 12.0. The van der Waals surface area contributed by atoms with Gasteiger partial charge in [0.05, 0.1) is 5.69 Å². The average molecular weight is 286 g/mol. The summed E-state index contributed by atoms with van der Waals surface area (Å²) in [6.45, 7) is 4.46. The lowest BCUT2D eigenvalue weighted by Crippen LogP contribution is -2.38. The maximum Gasteiger partial charge on any atom is 0.245 e. The SMILES string of the molecule is CC(C)C1CCCN1S(=O)(=O)c1cccc(F)c1N. The first-order valence-electron chi connectivity index (χ1n) is 6.41. The molecule has 1 fully saturated rings. The standard InChI is InChI=1S/C13H19FN2O2S/c1-9(2)11-6-4-8-16(11)19(17,18)12-7-3-5-10(14)13(12)15/h3,5,7,9,11H,4,6,8,15H2,1-2H3. The summed E-state index contributed by atoms with van der Waals surface area (Å²) in [6, 6.07) is 3.87. The van der Waals surface area contributed by atoms with Crippen molar-refractivity contribution in [2.24, 2.45) is 5.92 Å². The summed E-state index contributed by atoms with van der Waals surface area (Å²) in [5.74, 6) is -0.464. The number of nitrogen functional groups attached to an aromatic ring is 1. The van der Waals surface area contributed by atoms with Crippen LogP contribution in [0, 0.1) is 11.7 Å². The number of anilines is 1. The molecule has 0 saturated carbocycles. The highest BCUT2D eigenvalue weighted by molar-refractivity contribution is 7.89. The molecule has 0 aliphatic carbocycles. The summed E-state index contributed by atoms with van der Waals surface area (Å²) in [5, 5.41) is 0. The van der Waals surface area contributed by atoms with Gasteiger partial charge in [-0.2, -0.15) is 4.31 Å². The van der Waals surface area contributed by atoms with Gasteiger partial charge in [-0.3, -0.25) is 0 Å². The molecular formula is C13H19FN2O2S. The minimum atomic E-state index is -3.72.